The number of hydrogen-bond acceptors (Lipinski definition) is 3. The van der Waals surface area contributed by atoms with E-state index in [-0.39, 0.29) is 24.0 Å². The summed E-state index contributed by atoms with van der Waals surface area (Å²) in [5.74, 6) is 1.87. The molecule has 6 heteroatoms. The average Bonchev–Trinajstić information content (AvgIpc) is 2.64. The predicted molar refractivity (Wildman–Crippen MR) is 123 cm³/mol. The normalized spacial score (nSPS) is 15.4. The molecule has 0 radical (unpaired) electrons. The lowest BCUT2D eigenvalue weighted by molar-refractivity contribution is 0.0778. The van der Waals surface area contributed by atoms with Crippen molar-refractivity contribution in [3.63, 3.8) is 0 Å². The summed E-state index contributed by atoms with van der Waals surface area (Å²) in [5, 5.41) is 6.80. The highest BCUT2D eigenvalue weighted by Crippen LogP contribution is 2.44. The highest BCUT2D eigenvalue weighted by Gasteiger charge is 2.36. The van der Waals surface area contributed by atoms with Crippen LogP contribution in [-0.4, -0.2) is 45.9 Å². The van der Waals surface area contributed by atoms with Gasteiger partial charge < -0.3 is 20.1 Å². The van der Waals surface area contributed by atoms with Crippen LogP contribution >= 0.6 is 24.0 Å². The second-order valence-corrected chi connectivity index (χ2v) is 7.09. The average molecular weight is 489 g/mol. The zero-order chi connectivity index (χ0) is 18.5. The first-order valence-corrected chi connectivity index (χ1v) is 9.97. The number of nitrogens with one attached hydrogen (secondary N) is 2. The van der Waals surface area contributed by atoms with Gasteiger partial charge in [0.15, 0.2) is 5.96 Å². The Morgan fingerprint density at radius 2 is 1.89 bits per heavy atom. The molecule has 2 rings (SSSR count). The largest absolute Gasteiger partial charge is 0.494 e. The van der Waals surface area contributed by atoms with Crippen LogP contribution in [0.2, 0.25) is 0 Å². The Bertz CT molecular complexity index is 521. The predicted octanol–water partition coefficient (Wildman–Crippen LogP) is 4.23. The van der Waals surface area contributed by atoms with Crippen LogP contribution < -0.4 is 15.4 Å². The van der Waals surface area contributed by atoms with E-state index in [1.54, 1.807) is 7.11 Å². The number of methoxy groups -OCH3 is 1. The molecule has 0 aliphatic heterocycles. The molecule has 5 nitrogen and oxygen atoms in total. The minimum absolute atomic E-state index is 0. The fraction of sp³-hybridized carbons (Fsp3) is 0.667. The fourth-order valence-electron chi connectivity index (χ4n) is 3.21. The summed E-state index contributed by atoms with van der Waals surface area (Å²) in [6, 6.07) is 9.98. The number of guanidine groups is 1. The zero-order valence-electron chi connectivity index (χ0n) is 16.8. The Hall–Kier alpha value is -1.02. The van der Waals surface area contributed by atoms with Crippen LogP contribution in [0.15, 0.2) is 35.3 Å². The van der Waals surface area contributed by atoms with Gasteiger partial charge >= 0.3 is 0 Å². The first-order chi connectivity index (χ1) is 12.8. The number of para-hydroxylation sites is 1. The van der Waals surface area contributed by atoms with Crippen molar-refractivity contribution in [3.05, 3.63) is 30.3 Å². The molecule has 0 bridgehead atoms. The van der Waals surface area contributed by atoms with Crippen LogP contribution in [0, 0.1) is 5.41 Å². The van der Waals surface area contributed by atoms with Crippen LogP contribution in [-0.2, 0) is 4.74 Å². The molecule has 0 unspecified atom stereocenters. The Morgan fingerprint density at radius 3 is 2.52 bits per heavy atom. The van der Waals surface area contributed by atoms with Crippen molar-refractivity contribution < 1.29 is 9.47 Å². The molecule has 154 valence electrons. The number of halogens is 1. The van der Waals surface area contributed by atoms with Gasteiger partial charge in [0.25, 0.3) is 0 Å². The summed E-state index contributed by atoms with van der Waals surface area (Å²) in [6.07, 6.45) is 7.07. The lowest BCUT2D eigenvalue weighted by atomic mass is 9.67. The third-order valence-electron chi connectivity index (χ3n) is 5.04. The molecule has 0 spiro atoms. The van der Waals surface area contributed by atoms with Gasteiger partial charge in [0, 0.05) is 33.4 Å². The van der Waals surface area contributed by atoms with Gasteiger partial charge in [-0.25, -0.2) is 0 Å². The van der Waals surface area contributed by atoms with Crippen molar-refractivity contribution in [1.82, 2.24) is 10.6 Å². The van der Waals surface area contributed by atoms with Crippen molar-refractivity contribution in [1.29, 1.82) is 0 Å². The molecule has 1 fully saturated rings. The summed E-state index contributed by atoms with van der Waals surface area (Å²) in [7, 11) is 1.78. The number of benzene rings is 1. The fourth-order valence-corrected chi connectivity index (χ4v) is 3.21. The van der Waals surface area contributed by atoms with E-state index in [0.717, 1.165) is 63.8 Å². The first kappa shape index (κ1) is 24.0. The molecule has 1 aliphatic rings. The summed E-state index contributed by atoms with van der Waals surface area (Å²) >= 11 is 0. The van der Waals surface area contributed by atoms with Crippen molar-refractivity contribution in [2.24, 2.45) is 10.4 Å². The van der Waals surface area contributed by atoms with Crippen molar-refractivity contribution in [2.45, 2.75) is 45.4 Å². The van der Waals surface area contributed by atoms with Gasteiger partial charge in [-0.15, -0.1) is 24.0 Å². The summed E-state index contributed by atoms with van der Waals surface area (Å²) in [6.45, 7) is 6.38. The molecule has 1 aromatic rings. The molecule has 0 aromatic heterocycles. The number of hydrogen-bond donors (Lipinski definition) is 2. The van der Waals surface area contributed by atoms with Crippen LogP contribution in [0.4, 0.5) is 0 Å². The molecule has 0 atom stereocenters. The highest BCUT2D eigenvalue weighted by molar-refractivity contribution is 14.0. The van der Waals surface area contributed by atoms with E-state index in [4.69, 9.17) is 14.5 Å². The van der Waals surface area contributed by atoms with Gasteiger partial charge in [-0.05, 0) is 56.6 Å². The third-order valence-corrected chi connectivity index (χ3v) is 5.04. The zero-order valence-corrected chi connectivity index (χ0v) is 19.2. The Morgan fingerprint density at radius 1 is 1.11 bits per heavy atom. The maximum Gasteiger partial charge on any atom is 0.191 e. The Balaban J connectivity index is 0.00000364. The summed E-state index contributed by atoms with van der Waals surface area (Å²) in [5.41, 5.74) is 0.363. The quantitative estimate of drug-likeness (QED) is 0.200. The molecule has 1 aliphatic carbocycles. The topological polar surface area (TPSA) is 54.9 Å². The van der Waals surface area contributed by atoms with Gasteiger partial charge in [0.2, 0.25) is 0 Å². The monoisotopic (exact) mass is 489 g/mol. The van der Waals surface area contributed by atoms with Crippen molar-refractivity contribution in [2.75, 3.05) is 40.0 Å². The van der Waals surface area contributed by atoms with Gasteiger partial charge in [0.1, 0.15) is 5.75 Å². The van der Waals surface area contributed by atoms with Gasteiger partial charge in [-0.3, -0.25) is 4.99 Å². The molecule has 2 N–H and O–H groups in total. The smallest absolute Gasteiger partial charge is 0.191 e. The molecule has 1 aromatic carbocycles. The third kappa shape index (κ3) is 9.14. The summed E-state index contributed by atoms with van der Waals surface area (Å²) in [4.78, 5) is 4.83. The number of ether oxygens (including phenoxy) is 2. The van der Waals surface area contributed by atoms with Gasteiger partial charge in [-0.2, -0.15) is 0 Å². The SMILES string of the molecule is CCNC(=NCC1(CCOC)CCC1)NCCCCOc1ccccc1.I. The number of unbranched alkanes of at least 4 members (excludes halogenated alkanes) is 1. The minimum Gasteiger partial charge on any atom is -0.494 e. The second kappa shape index (κ2) is 14.0. The lowest BCUT2D eigenvalue weighted by Crippen LogP contribution is -2.40. The van der Waals surface area contributed by atoms with Crippen molar-refractivity contribution >= 4 is 29.9 Å². The van der Waals surface area contributed by atoms with E-state index < -0.39 is 0 Å². The van der Waals surface area contributed by atoms with E-state index in [9.17, 15) is 0 Å². The molecule has 1 saturated carbocycles. The van der Waals surface area contributed by atoms with Crippen LogP contribution in [0.25, 0.3) is 0 Å². The number of rotatable bonds is 12. The number of aliphatic imine (C=N–C) groups is 1. The lowest BCUT2D eigenvalue weighted by Gasteiger charge is -2.40. The second-order valence-electron chi connectivity index (χ2n) is 7.09. The highest BCUT2D eigenvalue weighted by atomic mass is 127. The standard InChI is InChI=1S/C21H35N3O2.HI/c1-3-22-20(24-18-21(12-9-13-21)14-17-25-2)23-15-7-8-16-26-19-10-5-4-6-11-19;/h4-6,10-11H,3,7-9,12-18H2,1-2H3,(H2,22,23,24);1H. The Kier molecular flexibility index (Phi) is 12.5. The maximum absolute atomic E-state index is 5.73. The van der Waals surface area contributed by atoms with E-state index >= 15 is 0 Å². The molecule has 0 amide bonds. The van der Waals surface area contributed by atoms with E-state index in [2.05, 4.69) is 17.6 Å². The van der Waals surface area contributed by atoms with E-state index in [0.29, 0.717) is 5.41 Å². The maximum atomic E-state index is 5.73. The van der Waals surface area contributed by atoms with Crippen LogP contribution in [0.5, 0.6) is 5.75 Å². The molecule has 0 heterocycles. The van der Waals surface area contributed by atoms with E-state index in [1.165, 1.54) is 19.3 Å². The Labute approximate surface area is 181 Å². The molecule has 27 heavy (non-hydrogen) atoms. The van der Waals surface area contributed by atoms with Crippen LogP contribution in [0.3, 0.4) is 0 Å². The van der Waals surface area contributed by atoms with Crippen LogP contribution in [0.1, 0.15) is 45.4 Å². The van der Waals surface area contributed by atoms with Gasteiger partial charge in [-0.1, -0.05) is 24.6 Å². The molecule has 0 saturated heterocycles. The minimum atomic E-state index is 0. The number of nitrogens with zero attached hydrogens (tertiary/aromatic N) is 1. The van der Waals surface area contributed by atoms with Gasteiger partial charge in [0.05, 0.1) is 6.61 Å². The molecular formula is C21H36IN3O2. The van der Waals surface area contributed by atoms with Crippen molar-refractivity contribution in [3.8, 4) is 5.75 Å². The summed E-state index contributed by atoms with van der Waals surface area (Å²) < 4.78 is 11.0. The first-order valence-electron chi connectivity index (χ1n) is 9.97. The molecular weight excluding hydrogens is 453 g/mol. The van der Waals surface area contributed by atoms with E-state index in [1.807, 2.05) is 30.3 Å².